The van der Waals surface area contributed by atoms with Gasteiger partial charge in [0.25, 0.3) is 0 Å². The zero-order valence-corrected chi connectivity index (χ0v) is 11.2. The lowest BCUT2D eigenvalue weighted by atomic mass is 10.2. The normalized spacial score (nSPS) is 12.6. The second-order valence-corrected chi connectivity index (χ2v) is 5.05. The molecular formula is C12H14N4OS. The smallest absolute Gasteiger partial charge is 0.223 e. The Kier molecular flexibility index (Phi) is 2.87. The van der Waals surface area contributed by atoms with E-state index in [1.54, 1.807) is 17.5 Å². The number of nitrogens with one attached hydrogen (secondary N) is 1. The first-order valence-electron chi connectivity index (χ1n) is 6.04. The molecule has 0 unspecified atom stereocenters. The summed E-state index contributed by atoms with van der Waals surface area (Å²) in [6.45, 7) is 5.45. The number of nitrogens with zero attached hydrogens (tertiary/aromatic N) is 3. The van der Waals surface area contributed by atoms with Crippen LogP contribution in [0.5, 0.6) is 5.75 Å². The van der Waals surface area contributed by atoms with Gasteiger partial charge in [0.1, 0.15) is 12.3 Å². The molecule has 6 heteroatoms. The predicted octanol–water partition coefficient (Wildman–Crippen LogP) is 2.49. The average Bonchev–Trinajstić information content (AvgIpc) is 2.82. The van der Waals surface area contributed by atoms with Crippen molar-refractivity contribution in [2.24, 2.45) is 0 Å². The Balaban J connectivity index is 2.08. The second kappa shape index (κ2) is 4.53. The lowest BCUT2D eigenvalue weighted by molar-refractivity contribution is 0.295. The number of hydrogen-bond donors (Lipinski definition) is 1. The molecule has 0 fully saturated rings. The van der Waals surface area contributed by atoms with E-state index in [1.165, 1.54) is 0 Å². The number of aryl methyl sites for hydroxylation is 1. The number of thiazole rings is 1. The molecule has 1 aliphatic heterocycles. The molecule has 3 rings (SSSR count). The molecule has 0 radical (unpaired) electrons. The third-order valence-electron chi connectivity index (χ3n) is 2.71. The average molecular weight is 262 g/mol. The Hall–Kier alpha value is -1.69. The first-order chi connectivity index (χ1) is 8.81. The van der Waals surface area contributed by atoms with Gasteiger partial charge in [-0.2, -0.15) is 0 Å². The molecule has 0 spiro atoms. The zero-order valence-electron chi connectivity index (χ0n) is 10.4. The van der Waals surface area contributed by atoms with Crippen molar-refractivity contribution in [3.63, 3.8) is 0 Å². The topological polar surface area (TPSA) is 59.9 Å². The van der Waals surface area contributed by atoms with Gasteiger partial charge in [0, 0.05) is 6.54 Å². The summed E-state index contributed by atoms with van der Waals surface area (Å²) in [5.41, 5.74) is 1.85. The summed E-state index contributed by atoms with van der Waals surface area (Å²) in [4.78, 5) is 14.4. The van der Waals surface area contributed by atoms with Crippen LogP contribution in [-0.4, -0.2) is 21.5 Å². The van der Waals surface area contributed by atoms with E-state index >= 15 is 0 Å². The molecule has 0 aliphatic carbocycles. The van der Waals surface area contributed by atoms with Crippen LogP contribution in [0.25, 0.3) is 10.6 Å². The zero-order chi connectivity index (χ0) is 12.5. The number of anilines is 1. The minimum Gasteiger partial charge on any atom is -0.483 e. The lowest BCUT2D eigenvalue weighted by Gasteiger charge is -2.15. The molecule has 1 N–H and O–H groups in total. The number of rotatable bonds is 3. The third kappa shape index (κ3) is 1.82. The molecule has 0 saturated heterocycles. The first kappa shape index (κ1) is 11.4. The van der Waals surface area contributed by atoms with Crippen LogP contribution in [0.2, 0.25) is 0 Å². The van der Waals surface area contributed by atoms with Gasteiger partial charge in [0.15, 0.2) is 5.75 Å². The van der Waals surface area contributed by atoms with Crippen molar-refractivity contribution in [3.8, 4) is 16.3 Å². The van der Waals surface area contributed by atoms with Crippen LogP contribution in [0, 0.1) is 0 Å². The van der Waals surface area contributed by atoms with E-state index in [4.69, 9.17) is 4.74 Å². The van der Waals surface area contributed by atoms with E-state index in [9.17, 15) is 0 Å². The fourth-order valence-electron chi connectivity index (χ4n) is 1.86. The Morgan fingerprint density at radius 1 is 1.39 bits per heavy atom. The summed E-state index contributed by atoms with van der Waals surface area (Å²) in [5.74, 6) is 1.38. The summed E-state index contributed by atoms with van der Waals surface area (Å²) in [6.07, 6.45) is 2.67. The van der Waals surface area contributed by atoms with Gasteiger partial charge in [-0.15, -0.1) is 11.3 Å². The van der Waals surface area contributed by atoms with E-state index in [2.05, 4.69) is 27.2 Å². The van der Waals surface area contributed by atoms with Crippen molar-refractivity contribution >= 4 is 17.3 Å². The fraction of sp³-hybridized carbons (Fsp3) is 0.417. The molecular weight excluding hydrogens is 248 g/mol. The maximum absolute atomic E-state index is 5.63. The van der Waals surface area contributed by atoms with Gasteiger partial charge >= 0.3 is 0 Å². The van der Waals surface area contributed by atoms with Crippen LogP contribution in [0.1, 0.15) is 24.5 Å². The van der Waals surface area contributed by atoms with Gasteiger partial charge in [0.2, 0.25) is 5.95 Å². The van der Waals surface area contributed by atoms with Gasteiger partial charge < -0.3 is 10.1 Å². The van der Waals surface area contributed by atoms with Crippen LogP contribution in [0.3, 0.4) is 0 Å². The molecule has 0 saturated carbocycles. The molecule has 0 bridgehead atoms. The minimum atomic E-state index is 0.517. The van der Waals surface area contributed by atoms with Crippen LogP contribution >= 0.6 is 11.3 Å². The molecule has 5 nitrogen and oxygen atoms in total. The van der Waals surface area contributed by atoms with Crippen LogP contribution in [0.4, 0.5) is 5.95 Å². The highest BCUT2D eigenvalue weighted by molar-refractivity contribution is 7.15. The fourth-order valence-corrected chi connectivity index (χ4v) is 2.86. The first-order valence-corrected chi connectivity index (χ1v) is 6.86. The van der Waals surface area contributed by atoms with E-state index in [1.807, 2.05) is 6.92 Å². The molecule has 94 valence electrons. The van der Waals surface area contributed by atoms with Gasteiger partial charge in [-0.1, -0.05) is 6.92 Å². The van der Waals surface area contributed by atoms with Gasteiger partial charge in [0.05, 0.1) is 21.8 Å². The monoisotopic (exact) mass is 262 g/mol. The van der Waals surface area contributed by atoms with Crippen molar-refractivity contribution in [3.05, 3.63) is 16.9 Å². The predicted molar refractivity (Wildman–Crippen MR) is 71.0 cm³/mol. The van der Waals surface area contributed by atoms with E-state index < -0.39 is 0 Å². The summed E-state index contributed by atoms with van der Waals surface area (Å²) in [6, 6.07) is 0. The maximum Gasteiger partial charge on any atom is 0.223 e. The molecule has 2 aromatic rings. The second-order valence-electron chi connectivity index (χ2n) is 3.96. The number of hydrogen-bond acceptors (Lipinski definition) is 6. The Morgan fingerprint density at radius 2 is 2.28 bits per heavy atom. The summed E-state index contributed by atoms with van der Waals surface area (Å²) in [7, 11) is 0. The molecule has 0 atom stereocenters. The SMILES string of the molecule is CCNc1ncc2c(n1)-c1sc(CC)nc1CO2. The molecule has 18 heavy (non-hydrogen) atoms. The van der Waals surface area contributed by atoms with Crippen LogP contribution in [-0.2, 0) is 13.0 Å². The molecule has 1 aliphatic rings. The quantitative estimate of drug-likeness (QED) is 0.920. The third-order valence-corrected chi connectivity index (χ3v) is 3.96. The van der Waals surface area contributed by atoms with Crippen molar-refractivity contribution in [2.45, 2.75) is 26.9 Å². The highest BCUT2D eigenvalue weighted by Gasteiger charge is 2.23. The standard InChI is InChI=1S/C12H14N4OS/c1-3-9-15-7-6-17-8-5-14-12(13-4-2)16-10(8)11(7)18-9/h5H,3-4,6H2,1-2H3,(H,13,14,16). The molecule has 0 amide bonds. The van der Waals surface area contributed by atoms with Gasteiger partial charge in [-0.25, -0.2) is 15.0 Å². The van der Waals surface area contributed by atoms with E-state index in [0.717, 1.165) is 40.0 Å². The van der Waals surface area contributed by atoms with Crippen molar-refractivity contribution < 1.29 is 4.74 Å². The van der Waals surface area contributed by atoms with Gasteiger partial charge in [-0.05, 0) is 13.3 Å². The van der Waals surface area contributed by atoms with Crippen molar-refractivity contribution in [2.75, 3.05) is 11.9 Å². The summed E-state index contributed by atoms with van der Waals surface area (Å²) in [5, 5.41) is 4.24. The largest absolute Gasteiger partial charge is 0.483 e. The van der Waals surface area contributed by atoms with E-state index in [-0.39, 0.29) is 0 Å². The minimum absolute atomic E-state index is 0.517. The maximum atomic E-state index is 5.63. The Morgan fingerprint density at radius 3 is 3.06 bits per heavy atom. The summed E-state index contributed by atoms with van der Waals surface area (Å²) < 4.78 is 5.63. The van der Waals surface area contributed by atoms with Crippen LogP contribution in [0.15, 0.2) is 6.20 Å². The molecule has 2 aromatic heterocycles. The highest BCUT2D eigenvalue weighted by Crippen LogP contribution is 2.39. The van der Waals surface area contributed by atoms with Crippen molar-refractivity contribution in [1.29, 1.82) is 0 Å². The summed E-state index contributed by atoms with van der Waals surface area (Å²) >= 11 is 1.70. The highest BCUT2D eigenvalue weighted by atomic mass is 32.1. The Bertz CT molecular complexity index is 581. The molecule has 0 aromatic carbocycles. The lowest BCUT2D eigenvalue weighted by Crippen LogP contribution is -2.09. The number of fused-ring (bicyclic) bond motifs is 3. The number of aromatic nitrogens is 3. The van der Waals surface area contributed by atoms with Gasteiger partial charge in [-0.3, -0.25) is 0 Å². The number of ether oxygens (including phenoxy) is 1. The molecule has 3 heterocycles. The Labute approximate surface area is 109 Å². The van der Waals surface area contributed by atoms with Crippen LogP contribution < -0.4 is 10.1 Å². The van der Waals surface area contributed by atoms with E-state index in [0.29, 0.717) is 12.6 Å². The van der Waals surface area contributed by atoms with Crippen molar-refractivity contribution in [1.82, 2.24) is 15.0 Å².